The van der Waals surface area contributed by atoms with Crippen molar-refractivity contribution in [2.75, 3.05) is 26.7 Å². The first-order valence-corrected chi connectivity index (χ1v) is 8.60. The molecule has 0 spiro atoms. The van der Waals surface area contributed by atoms with Crippen LogP contribution in [0, 0.1) is 13.8 Å². The standard InChI is InChI=1S/C13H26N4O3S/c1-6-14-8-7-9-17(5)21(18,19)16-11(3)13-10(2)15-20-12(13)4/h11,14,16H,6-9H2,1-5H3. The average Bonchev–Trinajstić information content (AvgIpc) is 2.73. The molecule has 0 radical (unpaired) electrons. The Hall–Kier alpha value is -0.960. The fourth-order valence-corrected chi connectivity index (χ4v) is 3.32. The first-order chi connectivity index (χ1) is 9.79. The van der Waals surface area contributed by atoms with Gasteiger partial charge in [-0.15, -0.1) is 0 Å². The van der Waals surface area contributed by atoms with Gasteiger partial charge in [0.15, 0.2) is 0 Å². The zero-order valence-electron chi connectivity index (χ0n) is 13.4. The SMILES string of the molecule is CCNCCCN(C)S(=O)(=O)NC(C)c1c(C)noc1C. The molecule has 1 heterocycles. The second kappa shape index (κ2) is 7.88. The number of hydrogen-bond acceptors (Lipinski definition) is 5. The molecule has 0 amide bonds. The van der Waals surface area contributed by atoms with Gasteiger partial charge in [-0.2, -0.15) is 17.4 Å². The van der Waals surface area contributed by atoms with E-state index >= 15 is 0 Å². The number of rotatable bonds is 9. The van der Waals surface area contributed by atoms with Crippen molar-refractivity contribution in [3.63, 3.8) is 0 Å². The second-order valence-electron chi connectivity index (χ2n) is 5.11. The van der Waals surface area contributed by atoms with Gasteiger partial charge in [0.05, 0.1) is 11.7 Å². The summed E-state index contributed by atoms with van der Waals surface area (Å²) in [6.45, 7) is 9.55. The van der Waals surface area contributed by atoms with Gasteiger partial charge >= 0.3 is 0 Å². The highest BCUT2D eigenvalue weighted by molar-refractivity contribution is 7.87. The van der Waals surface area contributed by atoms with Gasteiger partial charge in [-0.1, -0.05) is 12.1 Å². The highest BCUT2D eigenvalue weighted by Crippen LogP contribution is 2.21. The van der Waals surface area contributed by atoms with Gasteiger partial charge in [0, 0.05) is 19.2 Å². The molecule has 1 atom stereocenters. The minimum absolute atomic E-state index is 0.377. The molecule has 0 aliphatic carbocycles. The van der Waals surface area contributed by atoms with Gasteiger partial charge < -0.3 is 9.84 Å². The molecule has 0 aromatic carbocycles. The lowest BCUT2D eigenvalue weighted by Crippen LogP contribution is -2.40. The van der Waals surface area contributed by atoms with Crippen LogP contribution in [0.3, 0.4) is 0 Å². The molecule has 0 aliphatic rings. The maximum atomic E-state index is 12.3. The molecule has 8 heteroatoms. The van der Waals surface area contributed by atoms with E-state index in [4.69, 9.17) is 4.52 Å². The van der Waals surface area contributed by atoms with Gasteiger partial charge in [0.2, 0.25) is 0 Å². The Bertz CT molecular complexity index is 522. The molecule has 1 rings (SSSR count). The van der Waals surface area contributed by atoms with Crippen LogP contribution < -0.4 is 10.0 Å². The molecule has 1 aromatic heterocycles. The van der Waals surface area contributed by atoms with Crippen LogP contribution in [0.1, 0.15) is 43.3 Å². The monoisotopic (exact) mass is 318 g/mol. The summed E-state index contributed by atoms with van der Waals surface area (Å²) in [5.74, 6) is 0.637. The van der Waals surface area contributed by atoms with E-state index < -0.39 is 10.2 Å². The Labute approximate surface area is 127 Å². The summed E-state index contributed by atoms with van der Waals surface area (Å²) in [4.78, 5) is 0. The van der Waals surface area contributed by atoms with E-state index in [1.54, 1.807) is 27.8 Å². The fraction of sp³-hybridized carbons (Fsp3) is 0.769. The zero-order valence-corrected chi connectivity index (χ0v) is 14.2. The minimum atomic E-state index is -3.52. The number of hydrogen-bond donors (Lipinski definition) is 2. The summed E-state index contributed by atoms with van der Waals surface area (Å²) in [6.07, 6.45) is 0.769. The van der Waals surface area contributed by atoms with E-state index in [1.807, 2.05) is 6.92 Å². The summed E-state index contributed by atoms with van der Waals surface area (Å²) in [5.41, 5.74) is 1.50. The van der Waals surface area contributed by atoms with Crippen molar-refractivity contribution < 1.29 is 12.9 Å². The topological polar surface area (TPSA) is 87.5 Å². The van der Waals surface area contributed by atoms with Crippen LogP contribution in [0.25, 0.3) is 0 Å². The van der Waals surface area contributed by atoms with Gasteiger partial charge in [0.25, 0.3) is 10.2 Å². The third-order valence-corrected chi connectivity index (χ3v) is 4.99. The Balaban J connectivity index is 2.63. The quantitative estimate of drug-likeness (QED) is 0.666. The molecular weight excluding hydrogens is 292 g/mol. The molecule has 21 heavy (non-hydrogen) atoms. The molecule has 122 valence electrons. The Morgan fingerprint density at radius 3 is 2.57 bits per heavy atom. The Morgan fingerprint density at radius 1 is 1.38 bits per heavy atom. The maximum absolute atomic E-state index is 12.3. The van der Waals surface area contributed by atoms with Crippen LogP contribution >= 0.6 is 0 Å². The Kier molecular flexibility index (Phi) is 6.79. The molecule has 1 unspecified atom stereocenters. The average molecular weight is 318 g/mol. The highest BCUT2D eigenvalue weighted by atomic mass is 32.2. The van der Waals surface area contributed by atoms with Crippen molar-refractivity contribution in [2.45, 2.75) is 40.2 Å². The summed E-state index contributed by atoms with van der Waals surface area (Å²) < 4.78 is 33.6. The van der Waals surface area contributed by atoms with E-state index in [1.165, 1.54) is 4.31 Å². The third kappa shape index (κ3) is 5.06. The van der Waals surface area contributed by atoms with E-state index in [0.29, 0.717) is 18.0 Å². The van der Waals surface area contributed by atoms with Gasteiger partial charge in [-0.05, 0) is 40.3 Å². The normalized spacial score (nSPS) is 13.8. The lowest BCUT2D eigenvalue weighted by Gasteiger charge is -2.21. The Morgan fingerprint density at radius 2 is 2.05 bits per heavy atom. The number of aryl methyl sites for hydroxylation is 2. The van der Waals surface area contributed by atoms with Crippen molar-refractivity contribution in [3.8, 4) is 0 Å². The van der Waals surface area contributed by atoms with E-state index in [9.17, 15) is 8.42 Å². The predicted octanol–water partition coefficient (Wildman–Crippen LogP) is 1.12. The summed E-state index contributed by atoms with van der Waals surface area (Å²) in [7, 11) is -1.94. The molecule has 0 fully saturated rings. The largest absolute Gasteiger partial charge is 0.361 e. The van der Waals surface area contributed by atoms with Crippen molar-refractivity contribution in [1.29, 1.82) is 0 Å². The van der Waals surface area contributed by atoms with Crippen LogP contribution in [-0.2, 0) is 10.2 Å². The van der Waals surface area contributed by atoms with Crippen LogP contribution in [0.4, 0.5) is 0 Å². The smallest absolute Gasteiger partial charge is 0.279 e. The molecule has 1 aromatic rings. The summed E-state index contributed by atoms with van der Waals surface area (Å²) in [6, 6.07) is -0.377. The zero-order chi connectivity index (χ0) is 16.0. The van der Waals surface area contributed by atoms with Crippen LogP contribution in [0.15, 0.2) is 4.52 Å². The fourth-order valence-electron chi connectivity index (χ4n) is 2.20. The lowest BCUT2D eigenvalue weighted by molar-refractivity contribution is 0.391. The molecule has 0 bridgehead atoms. The minimum Gasteiger partial charge on any atom is -0.361 e. The van der Waals surface area contributed by atoms with E-state index in [2.05, 4.69) is 15.2 Å². The molecule has 2 N–H and O–H groups in total. The van der Waals surface area contributed by atoms with Gasteiger partial charge in [0.1, 0.15) is 5.76 Å². The van der Waals surface area contributed by atoms with Crippen molar-refractivity contribution >= 4 is 10.2 Å². The molecule has 0 aliphatic heterocycles. The highest BCUT2D eigenvalue weighted by Gasteiger charge is 2.24. The maximum Gasteiger partial charge on any atom is 0.279 e. The molecule has 7 nitrogen and oxygen atoms in total. The number of nitrogens with zero attached hydrogens (tertiary/aromatic N) is 2. The molecular formula is C13H26N4O3S. The van der Waals surface area contributed by atoms with Crippen LogP contribution in [0.5, 0.6) is 0 Å². The van der Waals surface area contributed by atoms with Crippen molar-refractivity contribution in [2.24, 2.45) is 0 Å². The van der Waals surface area contributed by atoms with Crippen LogP contribution in [-0.4, -0.2) is 44.6 Å². The van der Waals surface area contributed by atoms with Crippen molar-refractivity contribution in [1.82, 2.24) is 19.5 Å². The summed E-state index contributed by atoms with van der Waals surface area (Å²) >= 11 is 0. The van der Waals surface area contributed by atoms with Crippen molar-refractivity contribution in [3.05, 3.63) is 17.0 Å². The lowest BCUT2D eigenvalue weighted by atomic mass is 10.1. The summed E-state index contributed by atoms with van der Waals surface area (Å²) in [5, 5.41) is 7.02. The first-order valence-electron chi connectivity index (χ1n) is 7.16. The van der Waals surface area contributed by atoms with Gasteiger partial charge in [-0.3, -0.25) is 0 Å². The van der Waals surface area contributed by atoms with E-state index in [-0.39, 0.29) is 6.04 Å². The predicted molar refractivity (Wildman–Crippen MR) is 82.2 cm³/mol. The van der Waals surface area contributed by atoms with Crippen LogP contribution in [0.2, 0.25) is 0 Å². The molecule has 0 saturated carbocycles. The third-order valence-electron chi connectivity index (χ3n) is 3.33. The van der Waals surface area contributed by atoms with Gasteiger partial charge in [-0.25, -0.2) is 0 Å². The first kappa shape index (κ1) is 18.1. The second-order valence-corrected chi connectivity index (χ2v) is 6.92. The number of aromatic nitrogens is 1. The number of nitrogens with one attached hydrogen (secondary N) is 2. The molecule has 0 saturated heterocycles. The van der Waals surface area contributed by atoms with E-state index in [0.717, 1.165) is 25.1 Å².